The van der Waals surface area contributed by atoms with Crippen molar-refractivity contribution in [1.29, 1.82) is 0 Å². The lowest BCUT2D eigenvalue weighted by molar-refractivity contribution is -0.139. The highest BCUT2D eigenvalue weighted by atomic mass is 28.5. The van der Waals surface area contributed by atoms with Gasteiger partial charge in [0.25, 0.3) is 0 Å². The summed E-state index contributed by atoms with van der Waals surface area (Å²) < 4.78 is 62.6. The molecule has 0 saturated heterocycles. The highest BCUT2D eigenvalue weighted by molar-refractivity contribution is 6.93. The summed E-state index contributed by atoms with van der Waals surface area (Å²) in [6, 6.07) is 6.28. The standard InChI is InChI=1S/C34H90O10Si12/c1-33(2)34(35)36-25-24-28-55(42-52(18,19)29-26-45-37-47(3,4)5,43-53(20,21)30-27-46-38-48(6,7)8)44-54(22,23)31-32-56(39-49(9,10)11,40-50(12,13)14)41-51(15,16)17/h1,24-32,45-46H2,2-23H3. The molecule has 0 aromatic rings. The van der Waals surface area contributed by atoms with E-state index in [2.05, 4.69) is 144 Å². The van der Waals surface area contributed by atoms with Gasteiger partial charge in [0.1, 0.15) is 19.5 Å². The molecule has 0 bridgehead atoms. The maximum absolute atomic E-state index is 12.4. The molecular formula is C34H90O10Si12. The van der Waals surface area contributed by atoms with E-state index in [1.807, 2.05) is 0 Å². The van der Waals surface area contributed by atoms with Crippen molar-refractivity contribution in [3.63, 3.8) is 0 Å². The number of ether oxygens (including phenoxy) is 1. The van der Waals surface area contributed by atoms with Gasteiger partial charge in [-0.1, -0.05) is 6.58 Å². The van der Waals surface area contributed by atoms with Crippen LogP contribution in [0.2, 0.25) is 180 Å². The van der Waals surface area contributed by atoms with Crippen molar-refractivity contribution in [2.24, 2.45) is 0 Å². The van der Waals surface area contributed by atoms with Gasteiger partial charge in [-0.3, -0.25) is 0 Å². The van der Waals surface area contributed by atoms with E-state index in [4.69, 9.17) is 37.7 Å². The van der Waals surface area contributed by atoms with E-state index in [0.717, 1.165) is 30.2 Å². The molecule has 0 radical (unpaired) electrons. The summed E-state index contributed by atoms with van der Waals surface area (Å²) in [5.74, 6) is -0.368. The molecule has 334 valence electrons. The van der Waals surface area contributed by atoms with Crippen molar-refractivity contribution in [2.75, 3.05) is 6.61 Å². The number of carbonyl (C=O) groups is 1. The SMILES string of the molecule is C=C(C)C(=O)OCCC[Si](O[Si](C)(C)CC[SiH2]O[Si](C)(C)C)(O[Si](C)(C)CC[SiH2]O[Si](C)(C)C)O[Si](C)(C)CC[Si](O[Si](C)(C)C)(O[Si](C)(C)C)O[Si](C)(C)C. The molecule has 56 heavy (non-hydrogen) atoms. The monoisotopic (exact) mass is 994 g/mol. The van der Waals surface area contributed by atoms with Gasteiger partial charge < -0.3 is 37.7 Å². The molecule has 0 rings (SSSR count). The molecule has 0 atom stereocenters. The van der Waals surface area contributed by atoms with Crippen LogP contribution in [-0.4, -0.2) is 116 Å². The summed E-state index contributed by atoms with van der Waals surface area (Å²) in [5.41, 5.74) is 0.400. The van der Waals surface area contributed by atoms with Crippen LogP contribution in [0.1, 0.15) is 13.3 Å². The number of carbonyl (C=O) groups excluding carboxylic acids is 1. The molecule has 0 aliphatic rings. The Balaban J connectivity index is 7.10. The minimum Gasteiger partial charge on any atom is -0.462 e. The molecular weight excluding hydrogens is 905 g/mol. The molecule has 0 aromatic carbocycles. The zero-order chi connectivity index (χ0) is 44.3. The first-order chi connectivity index (χ1) is 24.7. The lowest BCUT2D eigenvalue weighted by atomic mass is 10.4. The Kier molecular flexibility index (Phi) is 23.3. The second kappa shape index (κ2) is 22.7. The van der Waals surface area contributed by atoms with Crippen molar-refractivity contribution in [2.45, 2.75) is 193 Å². The van der Waals surface area contributed by atoms with Crippen molar-refractivity contribution >= 4 is 110 Å². The van der Waals surface area contributed by atoms with Gasteiger partial charge in [0.05, 0.1) is 6.61 Å². The van der Waals surface area contributed by atoms with Gasteiger partial charge in [-0.05, 0) is 181 Å². The Hall–Kier alpha value is 1.49. The van der Waals surface area contributed by atoms with E-state index >= 15 is 0 Å². The third-order valence-corrected chi connectivity index (χ3v) is 47.4. The molecule has 0 fully saturated rings. The van der Waals surface area contributed by atoms with Crippen molar-refractivity contribution in [3.05, 3.63) is 12.2 Å². The van der Waals surface area contributed by atoms with Crippen molar-refractivity contribution in [1.82, 2.24) is 0 Å². The molecule has 0 spiro atoms. The zero-order valence-electron chi connectivity index (χ0n) is 40.6. The van der Waals surface area contributed by atoms with Gasteiger partial charge >= 0.3 is 23.6 Å². The molecule has 10 nitrogen and oxygen atoms in total. The number of hydrogen-bond donors (Lipinski definition) is 0. The molecule has 0 N–H and O–H groups in total. The first-order valence-electron chi connectivity index (χ1n) is 21.0. The van der Waals surface area contributed by atoms with E-state index in [1.165, 1.54) is 0 Å². The quantitative estimate of drug-likeness (QED) is 0.0299. The maximum atomic E-state index is 12.4. The zero-order valence-corrected chi connectivity index (χ0v) is 53.4. The number of esters is 1. The number of hydrogen-bond acceptors (Lipinski definition) is 10. The second-order valence-electron chi connectivity index (χ2n) is 22.2. The van der Waals surface area contributed by atoms with Crippen LogP contribution in [0.15, 0.2) is 12.2 Å². The summed E-state index contributed by atoms with van der Waals surface area (Å²) in [5, 5.41) is 0. The Labute approximate surface area is 361 Å². The van der Waals surface area contributed by atoms with Crippen LogP contribution in [0.3, 0.4) is 0 Å². The Morgan fingerprint density at radius 1 is 0.446 bits per heavy atom. The summed E-state index contributed by atoms with van der Waals surface area (Å²) in [6.07, 6.45) is 0.598. The molecule has 0 aliphatic carbocycles. The van der Waals surface area contributed by atoms with E-state index in [-0.39, 0.29) is 12.6 Å². The summed E-state index contributed by atoms with van der Waals surface area (Å²) in [7, 11) is -24.2. The van der Waals surface area contributed by atoms with E-state index in [0.29, 0.717) is 24.1 Å². The first kappa shape index (κ1) is 57.5. The van der Waals surface area contributed by atoms with Crippen LogP contribution in [0.4, 0.5) is 0 Å². The number of rotatable bonds is 30. The van der Waals surface area contributed by atoms with Crippen LogP contribution >= 0.6 is 0 Å². The van der Waals surface area contributed by atoms with Gasteiger partial charge in [0.15, 0.2) is 66.5 Å². The first-order valence-corrected chi connectivity index (χ1v) is 54.4. The average Bonchev–Trinajstić information content (AvgIpc) is 2.90. The van der Waals surface area contributed by atoms with Gasteiger partial charge in [-0.2, -0.15) is 0 Å². The minimum atomic E-state index is -3.37. The molecule has 0 heterocycles. The highest BCUT2D eigenvalue weighted by Crippen LogP contribution is 2.37. The summed E-state index contributed by atoms with van der Waals surface area (Å²) in [4.78, 5) is 12.4. The van der Waals surface area contributed by atoms with Gasteiger partial charge in [-0.25, -0.2) is 4.79 Å². The summed E-state index contributed by atoms with van der Waals surface area (Å²) in [6.45, 7) is 53.4. The lowest BCUT2D eigenvalue weighted by Gasteiger charge is -2.46. The Morgan fingerprint density at radius 3 is 1.07 bits per heavy atom. The average molecular weight is 996 g/mol. The van der Waals surface area contributed by atoms with Crippen LogP contribution in [-0.2, 0) is 42.5 Å². The van der Waals surface area contributed by atoms with E-state index in [1.54, 1.807) is 6.92 Å². The van der Waals surface area contributed by atoms with Crippen molar-refractivity contribution in [3.8, 4) is 0 Å². The molecule has 22 heteroatoms. The van der Waals surface area contributed by atoms with Crippen molar-refractivity contribution < 1.29 is 42.5 Å². The Morgan fingerprint density at radius 2 is 0.768 bits per heavy atom. The fourth-order valence-electron chi connectivity index (χ4n) is 6.03. The predicted octanol–water partition coefficient (Wildman–Crippen LogP) is 10.3. The fourth-order valence-corrected chi connectivity index (χ4v) is 52.5. The van der Waals surface area contributed by atoms with Crippen LogP contribution in [0.25, 0.3) is 0 Å². The lowest BCUT2D eigenvalue weighted by Crippen LogP contribution is -2.63. The van der Waals surface area contributed by atoms with E-state index in [9.17, 15) is 4.79 Å². The van der Waals surface area contributed by atoms with Crippen LogP contribution in [0.5, 0.6) is 0 Å². The molecule has 0 aliphatic heterocycles. The summed E-state index contributed by atoms with van der Waals surface area (Å²) >= 11 is 0. The molecule has 0 aromatic heterocycles. The third kappa shape index (κ3) is 29.7. The predicted molar refractivity (Wildman–Crippen MR) is 270 cm³/mol. The van der Waals surface area contributed by atoms with Crippen LogP contribution in [0, 0.1) is 0 Å². The molecule has 0 unspecified atom stereocenters. The Bertz CT molecular complexity index is 1130. The molecule has 0 amide bonds. The second-order valence-corrected chi connectivity index (χ2v) is 68.6. The molecule has 0 saturated carbocycles. The fraction of sp³-hybridized carbons (Fsp3) is 0.912. The minimum absolute atomic E-state index is 0.268. The van der Waals surface area contributed by atoms with Gasteiger partial charge in [0, 0.05) is 17.7 Å². The smallest absolute Gasteiger partial charge is 0.462 e. The third-order valence-electron chi connectivity index (χ3n) is 7.84. The van der Waals surface area contributed by atoms with Crippen LogP contribution < -0.4 is 0 Å². The highest BCUT2D eigenvalue weighted by Gasteiger charge is 2.55. The topological polar surface area (TPSA) is 100 Å². The largest absolute Gasteiger partial charge is 0.469 e. The van der Waals surface area contributed by atoms with E-state index < -0.39 is 104 Å². The normalized spacial score (nSPS) is 16.0. The maximum Gasteiger partial charge on any atom is 0.469 e. The van der Waals surface area contributed by atoms with Gasteiger partial charge in [0.2, 0.25) is 0 Å². The van der Waals surface area contributed by atoms with Gasteiger partial charge in [-0.15, -0.1) is 0 Å².